The Morgan fingerprint density at radius 2 is 2.50 bits per heavy atom. The SMILES string of the molecule is CC(O)c1cnc(CCCN)[nH]1. The Morgan fingerprint density at radius 1 is 1.75 bits per heavy atom. The lowest BCUT2D eigenvalue weighted by molar-refractivity contribution is 0.194. The van der Waals surface area contributed by atoms with Crippen molar-refractivity contribution in [1.82, 2.24) is 9.97 Å². The van der Waals surface area contributed by atoms with Crippen molar-refractivity contribution >= 4 is 0 Å². The van der Waals surface area contributed by atoms with Crippen LogP contribution in [0.15, 0.2) is 6.20 Å². The van der Waals surface area contributed by atoms with Crippen LogP contribution in [0.3, 0.4) is 0 Å². The van der Waals surface area contributed by atoms with Gasteiger partial charge in [-0.1, -0.05) is 0 Å². The van der Waals surface area contributed by atoms with Gasteiger partial charge < -0.3 is 15.8 Å². The van der Waals surface area contributed by atoms with Gasteiger partial charge in [0.1, 0.15) is 5.82 Å². The fraction of sp³-hybridized carbons (Fsp3) is 0.625. The second-order valence-electron chi connectivity index (χ2n) is 2.85. The van der Waals surface area contributed by atoms with Crippen LogP contribution in [-0.4, -0.2) is 21.6 Å². The van der Waals surface area contributed by atoms with Crippen LogP contribution in [-0.2, 0) is 6.42 Å². The van der Waals surface area contributed by atoms with Gasteiger partial charge in [-0.2, -0.15) is 0 Å². The number of H-pyrrole nitrogens is 1. The molecule has 68 valence electrons. The number of aromatic amines is 1. The molecule has 0 radical (unpaired) electrons. The minimum atomic E-state index is -0.468. The largest absolute Gasteiger partial charge is 0.387 e. The highest BCUT2D eigenvalue weighted by molar-refractivity contribution is 5.03. The number of hydrogen-bond acceptors (Lipinski definition) is 3. The van der Waals surface area contributed by atoms with E-state index in [-0.39, 0.29) is 0 Å². The summed E-state index contributed by atoms with van der Waals surface area (Å²) < 4.78 is 0. The second kappa shape index (κ2) is 4.23. The van der Waals surface area contributed by atoms with Gasteiger partial charge in [0, 0.05) is 6.42 Å². The number of nitrogens with zero attached hydrogens (tertiary/aromatic N) is 1. The van der Waals surface area contributed by atoms with E-state index in [1.165, 1.54) is 0 Å². The molecule has 1 heterocycles. The highest BCUT2D eigenvalue weighted by Crippen LogP contribution is 2.08. The number of aromatic nitrogens is 2. The lowest BCUT2D eigenvalue weighted by atomic mass is 10.3. The van der Waals surface area contributed by atoms with Gasteiger partial charge in [-0.05, 0) is 19.9 Å². The molecule has 1 unspecified atom stereocenters. The molecular weight excluding hydrogens is 154 g/mol. The van der Waals surface area contributed by atoms with Gasteiger partial charge in [0.25, 0.3) is 0 Å². The fourth-order valence-corrected chi connectivity index (χ4v) is 0.987. The summed E-state index contributed by atoms with van der Waals surface area (Å²) in [5, 5.41) is 9.17. The van der Waals surface area contributed by atoms with E-state index in [4.69, 9.17) is 10.8 Å². The summed E-state index contributed by atoms with van der Waals surface area (Å²) >= 11 is 0. The molecule has 4 heteroatoms. The Labute approximate surface area is 71.8 Å². The number of imidazole rings is 1. The Hall–Kier alpha value is -0.870. The first kappa shape index (κ1) is 9.22. The first-order valence-electron chi connectivity index (χ1n) is 4.16. The molecule has 4 N–H and O–H groups in total. The minimum Gasteiger partial charge on any atom is -0.387 e. The molecule has 12 heavy (non-hydrogen) atoms. The molecule has 0 spiro atoms. The number of nitrogens with two attached hydrogens (primary N) is 1. The van der Waals surface area contributed by atoms with E-state index in [0.29, 0.717) is 6.54 Å². The third kappa shape index (κ3) is 2.32. The molecule has 1 aromatic heterocycles. The summed E-state index contributed by atoms with van der Waals surface area (Å²) in [6, 6.07) is 0. The Bertz CT molecular complexity index is 232. The number of aryl methyl sites for hydroxylation is 1. The molecule has 0 aliphatic carbocycles. The molecule has 0 fully saturated rings. The standard InChI is InChI=1S/C8H15N3O/c1-6(12)7-5-10-8(11-7)3-2-4-9/h5-6,12H,2-4,9H2,1H3,(H,10,11). The molecule has 1 atom stereocenters. The average Bonchev–Trinajstić information content (AvgIpc) is 2.48. The Balaban J connectivity index is 2.52. The molecule has 0 amide bonds. The first-order valence-corrected chi connectivity index (χ1v) is 4.16. The smallest absolute Gasteiger partial charge is 0.106 e. The van der Waals surface area contributed by atoms with Crippen LogP contribution in [0, 0.1) is 0 Å². The van der Waals surface area contributed by atoms with E-state index in [1.54, 1.807) is 13.1 Å². The zero-order chi connectivity index (χ0) is 8.97. The molecule has 0 aromatic carbocycles. The van der Waals surface area contributed by atoms with E-state index in [1.807, 2.05) is 0 Å². The monoisotopic (exact) mass is 169 g/mol. The lowest BCUT2D eigenvalue weighted by Gasteiger charge is -1.97. The van der Waals surface area contributed by atoms with Crippen LogP contribution in [0.4, 0.5) is 0 Å². The van der Waals surface area contributed by atoms with Gasteiger partial charge in [0.05, 0.1) is 18.0 Å². The van der Waals surface area contributed by atoms with Crippen LogP contribution in [0.25, 0.3) is 0 Å². The summed E-state index contributed by atoms with van der Waals surface area (Å²) in [4.78, 5) is 7.13. The summed E-state index contributed by atoms with van der Waals surface area (Å²) in [6.45, 7) is 2.38. The maximum Gasteiger partial charge on any atom is 0.106 e. The van der Waals surface area contributed by atoms with Crippen molar-refractivity contribution < 1.29 is 5.11 Å². The number of aliphatic hydroxyl groups excluding tert-OH is 1. The van der Waals surface area contributed by atoms with Gasteiger partial charge in [0.15, 0.2) is 0 Å². The second-order valence-corrected chi connectivity index (χ2v) is 2.85. The van der Waals surface area contributed by atoms with E-state index in [0.717, 1.165) is 24.4 Å². The highest BCUT2D eigenvalue weighted by atomic mass is 16.3. The van der Waals surface area contributed by atoms with Crippen LogP contribution in [0.5, 0.6) is 0 Å². The van der Waals surface area contributed by atoms with Crippen molar-refractivity contribution in [3.05, 3.63) is 17.7 Å². The summed E-state index contributed by atoms with van der Waals surface area (Å²) in [5.74, 6) is 0.899. The average molecular weight is 169 g/mol. The van der Waals surface area contributed by atoms with E-state index in [2.05, 4.69) is 9.97 Å². The van der Waals surface area contributed by atoms with E-state index in [9.17, 15) is 0 Å². The van der Waals surface area contributed by atoms with Crippen LogP contribution in [0.2, 0.25) is 0 Å². The van der Waals surface area contributed by atoms with Crippen molar-refractivity contribution in [3.63, 3.8) is 0 Å². The Kier molecular flexibility index (Phi) is 3.25. The van der Waals surface area contributed by atoms with Gasteiger partial charge in [-0.15, -0.1) is 0 Å². The van der Waals surface area contributed by atoms with Crippen molar-refractivity contribution in [1.29, 1.82) is 0 Å². The molecule has 0 saturated carbocycles. The lowest BCUT2D eigenvalue weighted by Crippen LogP contribution is -2.01. The number of rotatable bonds is 4. The fourth-order valence-electron chi connectivity index (χ4n) is 0.987. The molecule has 4 nitrogen and oxygen atoms in total. The highest BCUT2D eigenvalue weighted by Gasteiger charge is 2.04. The predicted molar refractivity (Wildman–Crippen MR) is 46.6 cm³/mol. The summed E-state index contributed by atoms with van der Waals surface area (Å²) in [5.41, 5.74) is 6.12. The van der Waals surface area contributed by atoms with Crippen molar-refractivity contribution in [2.75, 3.05) is 6.54 Å². The normalized spacial score (nSPS) is 13.2. The zero-order valence-corrected chi connectivity index (χ0v) is 7.25. The van der Waals surface area contributed by atoms with E-state index < -0.39 is 6.10 Å². The summed E-state index contributed by atoms with van der Waals surface area (Å²) in [7, 11) is 0. The number of nitrogens with one attached hydrogen (secondary N) is 1. The third-order valence-electron chi connectivity index (χ3n) is 1.72. The third-order valence-corrected chi connectivity index (χ3v) is 1.72. The quantitative estimate of drug-likeness (QED) is 0.609. The van der Waals surface area contributed by atoms with Gasteiger partial charge in [0.2, 0.25) is 0 Å². The van der Waals surface area contributed by atoms with Crippen LogP contribution < -0.4 is 5.73 Å². The maximum atomic E-state index is 9.17. The van der Waals surface area contributed by atoms with Crippen LogP contribution in [0.1, 0.15) is 31.0 Å². The molecule has 0 saturated heterocycles. The topological polar surface area (TPSA) is 74.9 Å². The first-order chi connectivity index (χ1) is 5.74. The van der Waals surface area contributed by atoms with E-state index >= 15 is 0 Å². The molecule has 1 aromatic rings. The van der Waals surface area contributed by atoms with Gasteiger partial charge in [-0.25, -0.2) is 4.98 Å². The molecule has 1 rings (SSSR count). The van der Waals surface area contributed by atoms with Gasteiger partial charge >= 0.3 is 0 Å². The molecular formula is C8H15N3O. The zero-order valence-electron chi connectivity index (χ0n) is 7.25. The Morgan fingerprint density at radius 3 is 3.00 bits per heavy atom. The van der Waals surface area contributed by atoms with Crippen molar-refractivity contribution in [2.24, 2.45) is 5.73 Å². The molecule has 0 bridgehead atoms. The van der Waals surface area contributed by atoms with Crippen molar-refractivity contribution in [2.45, 2.75) is 25.9 Å². The number of aliphatic hydroxyl groups is 1. The molecule has 0 aliphatic heterocycles. The minimum absolute atomic E-state index is 0.468. The van der Waals surface area contributed by atoms with Crippen molar-refractivity contribution in [3.8, 4) is 0 Å². The van der Waals surface area contributed by atoms with Crippen LogP contribution >= 0.6 is 0 Å². The molecule has 0 aliphatic rings. The van der Waals surface area contributed by atoms with Gasteiger partial charge in [-0.3, -0.25) is 0 Å². The predicted octanol–water partition coefficient (Wildman–Crippen LogP) is 0.354. The summed E-state index contributed by atoms with van der Waals surface area (Å²) in [6.07, 6.45) is 2.97. The maximum absolute atomic E-state index is 9.17. The number of hydrogen-bond donors (Lipinski definition) is 3.